The van der Waals surface area contributed by atoms with Crippen molar-refractivity contribution in [2.24, 2.45) is 0 Å². The van der Waals surface area contributed by atoms with Crippen LogP contribution in [0.5, 0.6) is 0 Å². The molecule has 0 saturated heterocycles. The lowest BCUT2D eigenvalue weighted by atomic mass is 9.70. The van der Waals surface area contributed by atoms with Crippen molar-refractivity contribution in [1.82, 2.24) is 0 Å². The average molecular weight is 356 g/mol. The molecule has 1 aliphatic carbocycles. The molecule has 1 aliphatic rings. The lowest BCUT2D eigenvalue weighted by Gasteiger charge is -2.44. The molecule has 2 aromatic rings. The first kappa shape index (κ1) is 19.1. The van der Waals surface area contributed by atoms with Crippen LogP contribution in [0.2, 0.25) is 0 Å². The Balaban J connectivity index is 1.83. The fraction of sp³-hybridized carbons (Fsp3) is 0.455. The highest BCUT2D eigenvalue weighted by Gasteiger charge is 2.47. The van der Waals surface area contributed by atoms with Gasteiger partial charge in [-0.05, 0) is 35.1 Å². The molecule has 4 N–H and O–H groups in total. The minimum absolute atomic E-state index is 0.0161. The van der Waals surface area contributed by atoms with Gasteiger partial charge in [0, 0.05) is 19.3 Å². The zero-order valence-electron chi connectivity index (χ0n) is 15.2. The van der Waals surface area contributed by atoms with Crippen molar-refractivity contribution < 1.29 is 20.4 Å². The van der Waals surface area contributed by atoms with Crippen molar-refractivity contribution in [3.63, 3.8) is 0 Å². The molecule has 0 heterocycles. The molecule has 0 aliphatic heterocycles. The van der Waals surface area contributed by atoms with Gasteiger partial charge in [-0.3, -0.25) is 0 Å². The number of aliphatic hydroxyl groups excluding tert-OH is 2. The molecule has 2 aromatic carbocycles. The molecule has 4 heteroatoms. The second kappa shape index (κ2) is 7.49. The molecule has 1 saturated carbocycles. The first-order valence-corrected chi connectivity index (χ1v) is 9.27. The number of hydrogen-bond acceptors (Lipinski definition) is 4. The van der Waals surface area contributed by atoms with E-state index in [4.69, 9.17) is 0 Å². The molecule has 3 atom stereocenters. The second-order valence-electron chi connectivity index (χ2n) is 7.70. The predicted molar refractivity (Wildman–Crippen MR) is 101 cm³/mol. The van der Waals surface area contributed by atoms with Gasteiger partial charge in [-0.1, -0.05) is 55.5 Å². The Bertz CT molecular complexity index is 742. The number of rotatable bonds is 5. The van der Waals surface area contributed by atoms with Crippen LogP contribution in [0.3, 0.4) is 0 Å². The van der Waals surface area contributed by atoms with E-state index in [1.165, 1.54) is 11.1 Å². The van der Waals surface area contributed by atoms with Crippen LogP contribution in [0.25, 0.3) is 0 Å². The predicted octanol–water partition coefficient (Wildman–Crippen LogP) is 2.30. The van der Waals surface area contributed by atoms with E-state index in [0.717, 1.165) is 18.4 Å². The maximum atomic E-state index is 11.1. The third-order valence-corrected chi connectivity index (χ3v) is 5.41. The molecular weight excluding hydrogens is 328 g/mol. The summed E-state index contributed by atoms with van der Waals surface area (Å²) in [6.45, 7) is 1.65. The molecule has 140 valence electrons. The lowest BCUT2D eigenvalue weighted by Crippen LogP contribution is -2.51. The normalized spacial score (nSPS) is 28.9. The van der Waals surface area contributed by atoms with Gasteiger partial charge in [-0.15, -0.1) is 0 Å². The third-order valence-electron chi connectivity index (χ3n) is 5.41. The van der Waals surface area contributed by atoms with E-state index < -0.39 is 23.9 Å². The molecule has 26 heavy (non-hydrogen) atoms. The zero-order valence-corrected chi connectivity index (χ0v) is 15.2. The van der Waals surface area contributed by atoms with Crippen molar-refractivity contribution in [3.05, 3.63) is 70.8 Å². The first-order valence-electron chi connectivity index (χ1n) is 9.27. The Hall–Kier alpha value is -1.72. The summed E-state index contributed by atoms with van der Waals surface area (Å²) in [4.78, 5) is 0. The summed E-state index contributed by atoms with van der Waals surface area (Å²) in [5, 5.41) is 41.1. The largest absolute Gasteiger partial charge is 0.393 e. The van der Waals surface area contributed by atoms with Gasteiger partial charge < -0.3 is 20.4 Å². The quantitative estimate of drug-likeness (QED) is 0.663. The molecule has 1 fully saturated rings. The summed E-state index contributed by atoms with van der Waals surface area (Å²) in [6.07, 6.45) is 1.16. The van der Waals surface area contributed by atoms with E-state index in [-0.39, 0.29) is 19.3 Å². The average Bonchev–Trinajstić information content (AvgIpc) is 2.62. The van der Waals surface area contributed by atoms with Crippen molar-refractivity contribution in [2.45, 2.75) is 56.3 Å². The highest BCUT2D eigenvalue weighted by Crippen LogP contribution is 2.42. The van der Waals surface area contributed by atoms with Crippen molar-refractivity contribution in [2.75, 3.05) is 6.61 Å². The van der Waals surface area contributed by atoms with Crippen LogP contribution in [0.1, 0.15) is 48.4 Å². The molecule has 0 spiro atoms. The van der Waals surface area contributed by atoms with Gasteiger partial charge in [0.25, 0.3) is 0 Å². The van der Waals surface area contributed by atoms with Crippen LogP contribution in [0.4, 0.5) is 0 Å². The van der Waals surface area contributed by atoms with Crippen LogP contribution >= 0.6 is 0 Å². The summed E-state index contributed by atoms with van der Waals surface area (Å²) in [6, 6.07) is 16.2. The van der Waals surface area contributed by atoms with Gasteiger partial charge in [-0.2, -0.15) is 0 Å². The standard InChI is InChI=1S/C22H28O4/c1-2-16-6-8-17(9-7-16)10-18-4-3-5-19(11-18)22(26)13-20(24)12-21(25,14-22)15-23/h3-9,11,20,23-26H,2,10,12-15H2,1H3/t20?,21-,22+/m0/s1. The Labute approximate surface area is 154 Å². The van der Waals surface area contributed by atoms with E-state index in [0.29, 0.717) is 5.56 Å². The number of aliphatic hydroxyl groups is 4. The fourth-order valence-electron chi connectivity index (χ4n) is 4.03. The molecule has 1 unspecified atom stereocenters. The highest BCUT2D eigenvalue weighted by atomic mass is 16.3. The maximum absolute atomic E-state index is 11.1. The number of benzene rings is 2. The Morgan fingerprint density at radius 2 is 1.65 bits per heavy atom. The van der Waals surface area contributed by atoms with Gasteiger partial charge in [-0.25, -0.2) is 0 Å². The van der Waals surface area contributed by atoms with Crippen molar-refractivity contribution >= 4 is 0 Å². The first-order chi connectivity index (χ1) is 12.4. The molecule has 0 amide bonds. The summed E-state index contributed by atoms with van der Waals surface area (Å²) in [5.41, 5.74) is 1.42. The van der Waals surface area contributed by atoms with Crippen LogP contribution in [0, 0.1) is 0 Å². The van der Waals surface area contributed by atoms with Crippen LogP contribution in [-0.2, 0) is 18.4 Å². The highest BCUT2D eigenvalue weighted by molar-refractivity contribution is 5.34. The summed E-state index contributed by atoms with van der Waals surface area (Å²) >= 11 is 0. The Morgan fingerprint density at radius 1 is 0.962 bits per heavy atom. The van der Waals surface area contributed by atoms with Crippen LogP contribution in [0.15, 0.2) is 48.5 Å². The molecule has 0 aromatic heterocycles. The SMILES string of the molecule is CCc1ccc(Cc2cccc([C@@]3(O)CC(O)C[C@@](O)(CO)C3)c2)cc1. The summed E-state index contributed by atoms with van der Waals surface area (Å²) in [5.74, 6) is 0. The maximum Gasteiger partial charge on any atom is 0.0949 e. The molecule has 0 bridgehead atoms. The van der Waals surface area contributed by atoms with Crippen molar-refractivity contribution in [3.8, 4) is 0 Å². The monoisotopic (exact) mass is 356 g/mol. The number of aryl methyl sites for hydroxylation is 1. The summed E-state index contributed by atoms with van der Waals surface area (Å²) < 4.78 is 0. The molecule has 3 rings (SSSR count). The van der Waals surface area contributed by atoms with E-state index in [2.05, 4.69) is 31.2 Å². The van der Waals surface area contributed by atoms with Crippen LogP contribution in [-0.4, -0.2) is 38.7 Å². The van der Waals surface area contributed by atoms with Gasteiger partial charge in [0.1, 0.15) is 0 Å². The second-order valence-corrected chi connectivity index (χ2v) is 7.70. The van der Waals surface area contributed by atoms with E-state index in [1.807, 2.05) is 24.3 Å². The van der Waals surface area contributed by atoms with Crippen LogP contribution < -0.4 is 0 Å². The number of hydrogen-bond donors (Lipinski definition) is 4. The lowest BCUT2D eigenvalue weighted by molar-refractivity contribution is -0.158. The van der Waals surface area contributed by atoms with Gasteiger partial charge in [0.15, 0.2) is 0 Å². The third kappa shape index (κ3) is 4.15. The molecular formula is C22H28O4. The molecule has 4 nitrogen and oxygen atoms in total. The van der Waals surface area contributed by atoms with Gasteiger partial charge in [0.05, 0.1) is 23.9 Å². The minimum Gasteiger partial charge on any atom is -0.393 e. The van der Waals surface area contributed by atoms with Gasteiger partial charge in [0.2, 0.25) is 0 Å². The van der Waals surface area contributed by atoms with Gasteiger partial charge >= 0.3 is 0 Å². The molecule has 0 radical (unpaired) electrons. The van der Waals surface area contributed by atoms with E-state index in [9.17, 15) is 20.4 Å². The fourth-order valence-corrected chi connectivity index (χ4v) is 4.03. The summed E-state index contributed by atoms with van der Waals surface area (Å²) in [7, 11) is 0. The van der Waals surface area contributed by atoms with E-state index in [1.54, 1.807) is 0 Å². The topological polar surface area (TPSA) is 80.9 Å². The van der Waals surface area contributed by atoms with Crippen molar-refractivity contribution in [1.29, 1.82) is 0 Å². The minimum atomic E-state index is -1.46. The van der Waals surface area contributed by atoms with E-state index >= 15 is 0 Å². The Kier molecular flexibility index (Phi) is 5.49. The zero-order chi connectivity index (χ0) is 18.8. The smallest absolute Gasteiger partial charge is 0.0949 e. The Morgan fingerprint density at radius 3 is 2.31 bits per heavy atom.